The third kappa shape index (κ3) is 1.54. The third-order valence-electron chi connectivity index (χ3n) is 4.43. The largest absolute Gasteiger partial charge is 0.482 e. The number of benzene rings is 1. The average molecular weight is 254 g/mol. The van der Waals surface area contributed by atoms with Gasteiger partial charge < -0.3 is 4.74 Å². The zero-order chi connectivity index (χ0) is 12.9. The van der Waals surface area contributed by atoms with Crippen molar-refractivity contribution in [2.24, 2.45) is 7.05 Å². The Morgan fingerprint density at radius 1 is 1.16 bits per heavy atom. The Kier molecular flexibility index (Phi) is 2.25. The summed E-state index contributed by atoms with van der Waals surface area (Å²) in [6, 6.07) is 8.28. The first kappa shape index (κ1) is 11.1. The van der Waals surface area contributed by atoms with Crippen molar-refractivity contribution in [2.75, 3.05) is 0 Å². The first-order valence-corrected chi connectivity index (χ1v) is 7.11. The Morgan fingerprint density at radius 2 is 1.95 bits per heavy atom. The molecule has 3 heteroatoms. The van der Waals surface area contributed by atoms with Crippen LogP contribution >= 0.6 is 0 Å². The van der Waals surface area contributed by atoms with Crippen LogP contribution < -0.4 is 4.74 Å². The summed E-state index contributed by atoms with van der Waals surface area (Å²) in [6.07, 6.45) is 8.19. The molecule has 1 aromatic carbocycles. The summed E-state index contributed by atoms with van der Waals surface area (Å²) in [5, 5.41) is 4.68. The van der Waals surface area contributed by atoms with Gasteiger partial charge in [-0.1, -0.05) is 18.6 Å². The van der Waals surface area contributed by atoms with Crippen molar-refractivity contribution in [1.82, 2.24) is 9.78 Å². The van der Waals surface area contributed by atoms with Gasteiger partial charge in [0.25, 0.3) is 0 Å². The van der Waals surface area contributed by atoms with Crippen LogP contribution in [0.15, 0.2) is 30.5 Å². The first-order valence-electron chi connectivity index (χ1n) is 7.11. The van der Waals surface area contributed by atoms with Crippen LogP contribution in [0.5, 0.6) is 5.75 Å². The summed E-state index contributed by atoms with van der Waals surface area (Å²) in [5.41, 5.74) is 3.41. The van der Waals surface area contributed by atoms with Gasteiger partial charge in [0.05, 0.1) is 0 Å². The number of fused-ring (bicyclic) bond motifs is 4. The van der Waals surface area contributed by atoms with E-state index < -0.39 is 0 Å². The van der Waals surface area contributed by atoms with E-state index >= 15 is 0 Å². The number of hydrogen-bond acceptors (Lipinski definition) is 2. The lowest BCUT2D eigenvalue weighted by molar-refractivity contribution is 0.0239. The number of nitrogens with zero attached hydrogens (tertiary/aromatic N) is 2. The highest BCUT2D eigenvalue weighted by Crippen LogP contribution is 2.50. The molecular formula is C16H18N2O. The molecule has 19 heavy (non-hydrogen) atoms. The smallest absolute Gasteiger partial charge is 0.138 e. The van der Waals surface area contributed by atoms with Gasteiger partial charge in [0.15, 0.2) is 0 Å². The lowest BCUT2D eigenvalue weighted by Crippen LogP contribution is -2.37. The van der Waals surface area contributed by atoms with Crippen molar-refractivity contribution in [2.45, 2.75) is 37.7 Å². The lowest BCUT2D eigenvalue weighted by Gasteiger charge is -2.40. The highest BCUT2D eigenvalue weighted by Gasteiger charge is 2.43. The minimum Gasteiger partial charge on any atom is -0.482 e. The average Bonchev–Trinajstić information content (AvgIpc) is 2.83. The minimum atomic E-state index is -0.129. The standard InChI is InChI=1S/C16H18N2O/c1-18-11-13-15(17-18)12-7-3-4-8-14(12)19-16(13)9-5-2-6-10-16/h3-4,7-8,11H,2,5-6,9-10H2,1H3. The predicted octanol–water partition coefficient (Wildman–Crippen LogP) is 3.64. The van der Waals surface area contributed by atoms with E-state index in [0.717, 1.165) is 29.8 Å². The number of rotatable bonds is 0. The van der Waals surface area contributed by atoms with E-state index in [4.69, 9.17) is 4.74 Å². The molecule has 2 aromatic rings. The fourth-order valence-electron chi connectivity index (χ4n) is 3.53. The first-order chi connectivity index (χ1) is 9.28. The molecule has 1 fully saturated rings. The Hall–Kier alpha value is -1.77. The third-order valence-corrected chi connectivity index (χ3v) is 4.43. The Labute approximate surface area is 113 Å². The van der Waals surface area contributed by atoms with Gasteiger partial charge in [-0.25, -0.2) is 0 Å². The summed E-state index contributed by atoms with van der Waals surface area (Å²) in [6.45, 7) is 0. The molecule has 1 aromatic heterocycles. The summed E-state index contributed by atoms with van der Waals surface area (Å²) < 4.78 is 8.37. The van der Waals surface area contributed by atoms with E-state index in [9.17, 15) is 0 Å². The maximum Gasteiger partial charge on any atom is 0.138 e. The van der Waals surface area contributed by atoms with Crippen LogP contribution in [-0.2, 0) is 12.6 Å². The lowest BCUT2D eigenvalue weighted by atomic mass is 9.77. The SMILES string of the molecule is Cn1cc2c(n1)-c1ccccc1OC21CCCCC1. The van der Waals surface area contributed by atoms with Crippen LogP contribution in [-0.4, -0.2) is 9.78 Å². The molecule has 98 valence electrons. The van der Waals surface area contributed by atoms with E-state index in [0.29, 0.717) is 0 Å². The van der Waals surface area contributed by atoms with Crippen LogP contribution in [0.2, 0.25) is 0 Å². The van der Waals surface area contributed by atoms with E-state index in [-0.39, 0.29) is 5.60 Å². The van der Waals surface area contributed by atoms with Gasteiger partial charge in [-0.2, -0.15) is 5.10 Å². The molecule has 1 aliphatic heterocycles. The summed E-state index contributed by atoms with van der Waals surface area (Å²) >= 11 is 0. The molecule has 1 spiro atoms. The summed E-state index contributed by atoms with van der Waals surface area (Å²) in [5.74, 6) is 0.996. The minimum absolute atomic E-state index is 0.129. The number of ether oxygens (including phenoxy) is 1. The fourth-order valence-corrected chi connectivity index (χ4v) is 3.53. The fraction of sp³-hybridized carbons (Fsp3) is 0.438. The van der Waals surface area contributed by atoms with Gasteiger partial charge in [0.1, 0.15) is 17.0 Å². The molecule has 0 radical (unpaired) electrons. The molecule has 1 saturated carbocycles. The molecule has 0 amide bonds. The van der Waals surface area contributed by atoms with Crippen LogP contribution in [0.1, 0.15) is 37.7 Å². The molecule has 4 rings (SSSR count). The zero-order valence-electron chi connectivity index (χ0n) is 11.2. The van der Waals surface area contributed by atoms with Crippen molar-refractivity contribution >= 4 is 0 Å². The second kappa shape index (κ2) is 3.86. The molecule has 0 atom stereocenters. The maximum absolute atomic E-state index is 6.45. The molecule has 1 aliphatic carbocycles. The Balaban J connectivity index is 1.94. The van der Waals surface area contributed by atoms with Crippen LogP contribution in [0.4, 0.5) is 0 Å². The molecule has 0 N–H and O–H groups in total. The van der Waals surface area contributed by atoms with Gasteiger partial charge in [-0.05, 0) is 37.8 Å². The van der Waals surface area contributed by atoms with Gasteiger partial charge in [-0.15, -0.1) is 0 Å². The zero-order valence-corrected chi connectivity index (χ0v) is 11.2. The van der Waals surface area contributed by atoms with E-state index in [1.54, 1.807) is 0 Å². The van der Waals surface area contributed by atoms with Crippen molar-refractivity contribution < 1.29 is 4.74 Å². The van der Waals surface area contributed by atoms with Crippen molar-refractivity contribution in [1.29, 1.82) is 0 Å². The molecule has 2 heterocycles. The number of hydrogen-bond donors (Lipinski definition) is 0. The molecule has 0 unspecified atom stereocenters. The quantitative estimate of drug-likeness (QED) is 0.717. The number of aryl methyl sites for hydroxylation is 1. The highest BCUT2D eigenvalue weighted by atomic mass is 16.5. The van der Waals surface area contributed by atoms with Gasteiger partial charge >= 0.3 is 0 Å². The van der Waals surface area contributed by atoms with Crippen LogP contribution in [0, 0.1) is 0 Å². The van der Waals surface area contributed by atoms with E-state index in [1.807, 2.05) is 17.8 Å². The Bertz CT molecular complexity index is 623. The van der Waals surface area contributed by atoms with Crippen molar-refractivity contribution in [3.63, 3.8) is 0 Å². The second-order valence-electron chi connectivity index (χ2n) is 5.72. The van der Waals surface area contributed by atoms with Crippen LogP contribution in [0.3, 0.4) is 0 Å². The maximum atomic E-state index is 6.45. The van der Waals surface area contributed by atoms with Gasteiger partial charge in [-0.3, -0.25) is 4.68 Å². The van der Waals surface area contributed by atoms with Gasteiger partial charge in [0.2, 0.25) is 0 Å². The highest BCUT2D eigenvalue weighted by molar-refractivity contribution is 5.73. The van der Waals surface area contributed by atoms with Crippen molar-refractivity contribution in [3.8, 4) is 17.0 Å². The van der Waals surface area contributed by atoms with E-state index in [1.165, 1.54) is 24.8 Å². The topological polar surface area (TPSA) is 27.1 Å². The molecule has 3 nitrogen and oxygen atoms in total. The Morgan fingerprint density at radius 3 is 2.79 bits per heavy atom. The van der Waals surface area contributed by atoms with Gasteiger partial charge in [0, 0.05) is 24.4 Å². The summed E-state index contributed by atoms with van der Waals surface area (Å²) in [7, 11) is 2.00. The predicted molar refractivity (Wildman–Crippen MR) is 74.0 cm³/mol. The molecule has 0 bridgehead atoms. The van der Waals surface area contributed by atoms with E-state index in [2.05, 4.69) is 29.5 Å². The number of para-hydroxylation sites is 1. The van der Waals surface area contributed by atoms with Crippen LogP contribution in [0.25, 0.3) is 11.3 Å². The molecule has 2 aliphatic rings. The monoisotopic (exact) mass is 254 g/mol. The number of aromatic nitrogens is 2. The second-order valence-corrected chi connectivity index (χ2v) is 5.72. The molecular weight excluding hydrogens is 236 g/mol. The molecule has 0 saturated heterocycles. The normalized spacial score (nSPS) is 19.6. The van der Waals surface area contributed by atoms with Crippen molar-refractivity contribution in [3.05, 3.63) is 36.0 Å². The summed E-state index contributed by atoms with van der Waals surface area (Å²) in [4.78, 5) is 0.